The summed E-state index contributed by atoms with van der Waals surface area (Å²) in [5.41, 5.74) is 2.57. The third-order valence-electron chi connectivity index (χ3n) is 5.19. The Kier molecular flexibility index (Phi) is 4.21. The second-order valence-electron chi connectivity index (χ2n) is 6.78. The number of fused-ring (bicyclic) bond motifs is 1. The van der Waals surface area contributed by atoms with Crippen LogP contribution in [0.1, 0.15) is 28.4 Å². The standard InChI is InChI=1S/C21H21N3O2/c1-24-18(25)12-16(20(24)15-6-3-2-4-7-15)13-23-21(26)17-9-5-8-14-10-11-22-19(14)17/h2-11,16,20,22H,12-13H2,1H3,(H,23,26)/t16-,20-/m1/s1. The molecule has 0 saturated carbocycles. The van der Waals surface area contributed by atoms with Crippen molar-refractivity contribution in [3.63, 3.8) is 0 Å². The van der Waals surface area contributed by atoms with Crippen LogP contribution in [-0.2, 0) is 4.79 Å². The quantitative estimate of drug-likeness (QED) is 0.762. The van der Waals surface area contributed by atoms with E-state index in [4.69, 9.17) is 0 Å². The highest BCUT2D eigenvalue weighted by atomic mass is 16.2. The molecule has 1 fully saturated rings. The number of carbonyl (C=O) groups excluding carboxylic acids is 2. The second-order valence-corrected chi connectivity index (χ2v) is 6.78. The molecule has 0 aliphatic carbocycles. The van der Waals surface area contributed by atoms with Gasteiger partial charge in [0.2, 0.25) is 5.91 Å². The monoisotopic (exact) mass is 347 g/mol. The van der Waals surface area contributed by atoms with Crippen LogP contribution in [-0.4, -0.2) is 35.3 Å². The SMILES string of the molecule is CN1C(=O)C[C@H](CNC(=O)c2cccc3cc[nH]c23)[C@H]1c1ccccc1. The van der Waals surface area contributed by atoms with Crippen molar-refractivity contribution in [3.05, 3.63) is 71.9 Å². The highest BCUT2D eigenvalue weighted by Gasteiger charge is 2.38. The maximum atomic E-state index is 12.7. The molecule has 3 aromatic rings. The van der Waals surface area contributed by atoms with Gasteiger partial charge in [-0.3, -0.25) is 9.59 Å². The van der Waals surface area contributed by atoms with Crippen LogP contribution in [0.3, 0.4) is 0 Å². The van der Waals surface area contributed by atoms with Crippen molar-refractivity contribution in [2.24, 2.45) is 5.92 Å². The first-order valence-corrected chi connectivity index (χ1v) is 8.80. The molecule has 26 heavy (non-hydrogen) atoms. The van der Waals surface area contributed by atoms with Crippen molar-refractivity contribution in [2.45, 2.75) is 12.5 Å². The molecule has 2 heterocycles. The van der Waals surface area contributed by atoms with Gasteiger partial charge in [-0.15, -0.1) is 0 Å². The molecule has 2 amide bonds. The molecule has 5 nitrogen and oxygen atoms in total. The van der Waals surface area contributed by atoms with E-state index in [2.05, 4.69) is 10.3 Å². The maximum Gasteiger partial charge on any atom is 0.253 e. The van der Waals surface area contributed by atoms with Crippen molar-refractivity contribution in [1.82, 2.24) is 15.2 Å². The zero-order valence-electron chi connectivity index (χ0n) is 14.6. The Hall–Kier alpha value is -3.08. The zero-order valence-corrected chi connectivity index (χ0v) is 14.6. The number of H-pyrrole nitrogens is 1. The van der Waals surface area contributed by atoms with Crippen molar-refractivity contribution in [3.8, 4) is 0 Å². The van der Waals surface area contributed by atoms with Gasteiger partial charge in [0.1, 0.15) is 0 Å². The average Bonchev–Trinajstić information content (AvgIpc) is 3.25. The number of hydrogen-bond donors (Lipinski definition) is 2. The molecule has 0 spiro atoms. The third-order valence-corrected chi connectivity index (χ3v) is 5.19. The molecule has 2 atom stereocenters. The Morgan fingerprint density at radius 3 is 2.77 bits per heavy atom. The van der Waals surface area contributed by atoms with Crippen molar-refractivity contribution in [2.75, 3.05) is 13.6 Å². The van der Waals surface area contributed by atoms with Crippen LogP contribution < -0.4 is 5.32 Å². The fourth-order valence-electron chi connectivity index (χ4n) is 3.87. The number of aromatic nitrogens is 1. The molecular weight excluding hydrogens is 326 g/mol. The first-order chi connectivity index (χ1) is 12.6. The Bertz CT molecular complexity index is 948. The van der Waals surface area contributed by atoms with Gasteiger partial charge in [0.25, 0.3) is 5.91 Å². The van der Waals surface area contributed by atoms with E-state index in [1.807, 2.05) is 67.8 Å². The van der Waals surface area contributed by atoms with Crippen LogP contribution in [0.2, 0.25) is 0 Å². The van der Waals surface area contributed by atoms with E-state index >= 15 is 0 Å². The highest BCUT2D eigenvalue weighted by molar-refractivity contribution is 6.05. The smallest absolute Gasteiger partial charge is 0.253 e. The fraction of sp³-hybridized carbons (Fsp3) is 0.238. The van der Waals surface area contributed by atoms with Gasteiger partial charge in [-0.1, -0.05) is 42.5 Å². The normalized spacial score (nSPS) is 19.9. The lowest BCUT2D eigenvalue weighted by molar-refractivity contribution is -0.127. The van der Waals surface area contributed by atoms with Gasteiger partial charge in [0, 0.05) is 37.5 Å². The van der Waals surface area contributed by atoms with E-state index in [9.17, 15) is 9.59 Å². The number of hydrogen-bond acceptors (Lipinski definition) is 2. The molecule has 5 heteroatoms. The second kappa shape index (κ2) is 6.67. The number of carbonyl (C=O) groups is 2. The number of amides is 2. The first kappa shape index (κ1) is 16.4. The maximum absolute atomic E-state index is 12.7. The number of nitrogens with zero attached hydrogens (tertiary/aromatic N) is 1. The summed E-state index contributed by atoms with van der Waals surface area (Å²) < 4.78 is 0. The summed E-state index contributed by atoms with van der Waals surface area (Å²) in [6.07, 6.45) is 2.28. The van der Waals surface area contributed by atoms with Gasteiger partial charge in [-0.05, 0) is 17.7 Å². The van der Waals surface area contributed by atoms with E-state index in [0.717, 1.165) is 16.5 Å². The van der Waals surface area contributed by atoms with Gasteiger partial charge in [-0.2, -0.15) is 0 Å². The Labute approximate surface area is 152 Å². The molecule has 2 N–H and O–H groups in total. The van der Waals surface area contributed by atoms with Crippen LogP contribution >= 0.6 is 0 Å². The number of para-hydroxylation sites is 1. The minimum atomic E-state index is -0.119. The van der Waals surface area contributed by atoms with Crippen molar-refractivity contribution >= 4 is 22.7 Å². The molecule has 0 bridgehead atoms. The summed E-state index contributed by atoms with van der Waals surface area (Å²) in [6, 6.07) is 17.6. The Morgan fingerprint density at radius 2 is 1.96 bits per heavy atom. The van der Waals surface area contributed by atoms with Crippen LogP contribution in [0.25, 0.3) is 10.9 Å². The Balaban J connectivity index is 1.52. The predicted octanol–water partition coefficient (Wildman–Crippen LogP) is 3.12. The summed E-state index contributed by atoms with van der Waals surface area (Å²) in [7, 11) is 1.83. The van der Waals surface area contributed by atoms with Gasteiger partial charge in [0.15, 0.2) is 0 Å². The number of likely N-dealkylation sites (tertiary alicyclic amines) is 1. The largest absolute Gasteiger partial charge is 0.361 e. The topological polar surface area (TPSA) is 65.2 Å². The molecule has 4 rings (SSSR count). The molecule has 1 aliphatic heterocycles. The predicted molar refractivity (Wildman–Crippen MR) is 101 cm³/mol. The minimum absolute atomic E-state index is 0.00900. The third kappa shape index (κ3) is 2.86. The van der Waals surface area contributed by atoms with E-state index in [1.165, 1.54) is 0 Å². The molecular formula is C21H21N3O2. The molecule has 0 unspecified atom stereocenters. The van der Waals surface area contributed by atoms with Gasteiger partial charge in [-0.25, -0.2) is 0 Å². The molecule has 0 radical (unpaired) electrons. The van der Waals surface area contributed by atoms with Gasteiger partial charge in [0.05, 0.1) is 17.1 Å². The van der Waals surface area contributed by atoms with Crippen LogP contribution in [0.4, 0.5) is 0 Å². The lowest BCUT2D eigenvalue weighted by atomic mass is 9.93. The number of rotatable bonds is 4. The lowest BCUT2D eigenvalue weighted by Gasteiger charge is -2.25. The van der Waals surface area contributed by atoms with E-state index in [1.54, 1.807) is 4.90 Å². The number of aromatic amines is 1. The Morgan fingerprint density at radius 1 is 1.15 bits per heavy atom. The molecule has 1 aromatic heterocycles. The zero-order chi connectivity index (χ0) is 18.1. The van der Waals surface area contributed by atoms with E-state index in [-0.39, 0.29) is 23.8 Å². The highest BCUT2D eigenvalue weighted by Crippen LogP contribution is 2.36. The molecule has 1 aliphatic rings. The number of benzene rings is 2. The molecule has 1 saturated heterocycles. The van der Waals surface area contributed by atoms with E-state index in [0.29, 0.717) is 18.5 Å². The fourth-order valence-corrected chi connectivity index (χ4v) is 3.87. The summed E-state index contributed by atoms with van der Waals surface area (Å²) in [5, 5.41) is 4.04. The van der Waals surface area contributed by atoms with Gasteiger partial charge >= 0.3 is 0 Å². The minimum Gasteiger partial charge on any atom is -0.361 e. The molecule has 132 valence electrons. The summed E-state index contributed by atoms with van der Waals surface area (Å²) in [5.74, 6) is 0.0538. The summed E-state index contributed by atoms with van der Waals surface area (Å²) in [6.45, 7) is 0.464. The first-order valence-electron chi connectivity index (χ1n) is 8.80. The summed E-state index contributed by atoms with van der Waals surface area (Å²) >= 11 is 0. The molecule has 2 aromatic carbocycles. The average molecular weight is 347 g/mol. The van der Waals surface area contributed by atoms with Crippen molar-refractivity contribution in [1.29, 1.82) is 0 Å². The lowest BCUT2D eigenvalue weighted by Crippen LogP contribution is -2.32. The van der Waals surface area contributed by atoms with Gasteiger partial charge < -0.3 is 15.2 Å². The number of nitrogens with one attached hydrogen (secondary N) is 2. The summed E-state index contributed by atoms with van der Waals surface area (Å²) in [4.78, 5) is 29.8. The van der Waals surface area contributed by atoms with Crippen molar-refractivity contribution < 1.29 is 9.59 Å². The van der Waals surface area contributed by atoms with Crippen LogP contribution in [0.15, 0.2) is 60.8 Å². The van der Waals surface area contributed by atoms with Crippen LogP contribution in [0, 0.1) is 5.92 Å². The van der Waals surface area contributed by atoms with Crippen LogP contribution in [0.5, 0.6) is 0 Å². The van der Waals surface area contributed by atoms with E-state index < -0.39 is 0 Å².